The number of nitrogens with one attached hydrogen (secondary N) is 2. The lowest BCUT2D eigenvalue weighted by Gasteiger charge is -2.10. The van der Waals surface area contributed by atoms with Crippen molar-refractivity contribution in [3.63, 3.8) is 0 Å². The van der Waals surface area contributed by atoms with Crippen molar-refractivity contribution in [2.45, 2.75) is 20.0 Å². The largest absolute Gasteiger partial charge is 0.491 e. The molecular formula is C15H17N3O. The van der Waals surface area contributed by atoms with Crippen molar-refractivity contribution in [1.82, 2.24) is 4.57 Å². The molecule has 0 bridgehead atoms. The first-order valence-electron chi connectivity index (χ1n) is 6.14. The Hall–Kier alpha value is -2.36. The summed E-state index contributed by atoms with van der Waals surface area (Å²) in [5.41, 5.74) is 2.29. The third kappa shape index (κ3) is 3.10. The molecule has 0 aliphatic carbocycles. The van der Waals surface area contributed by atoms with Crippen molar-refractivity contribution in [2.75, 3.05) is 0 Å². The van der Waals surface area contributed by atoms with Crippen LogP contribution in [-0.2, 0) is 0 Å². The molecule has 1 heterocycles. The van der Waals surface area contributed by atoms with Crippen LogP contribution in [0.15, 0.2) is 42.6 Å². The molecule has 0 unspecified atom stereocenters. The minimum atomic E-state index is 0.161. The van der Waals surface area contributed by atoms with Gasteiger partial charge in [0.1, 0.15) is 11.2 Å². The zero-order chi connectivity index (χ0) is 13.8. The quantitative estimate of drug-likeness (QED) is 0.640. The molecule has 2 rings (SSSR count). The molecule has 0 radical (unpaired) electrons. The molecular weight excluding hydrogens is 238 g/mol. The lowest BCUT2D eigenvalue weighted by Crippen LogP contribution is -2.17. The summed E-state index contributed by atoms with van der Waals surface area (Å²) in [6, 6.07) is 11.4. The highest BCUT2D eigenvalue weighted by Crippen LogP contribution is 2.21. The number of nitrogens with zero attached hydrogens (tertiary/aromatic N) is 1. The Morgan fingerprint density at radius 1 is 1.05 bits per heavy atom. The fraction of sp³-hybridized carbons (Fsp3) is 0.200. The first-order chi connectivity index (χ1) is 9.10. The Morgan fingerprint density at radius 3 is 2.26 bits per heavy atom. The lowest BCUT2D eigenvalue weighted by molar-refractivity contribution is 0.242. The molecule has 2 aromatic rings. The summed E-state index contributed by atoms with van der Waals surface area (Å²) in [6.45, 7) is 3.99. The fourth-order valence-corrected chi connectivity index (χ4v) is 1.79. The van der Waals surface area contributed by atoms with Gasteiger partial charge in [-0.1, -0.05) is 12.1 Å². The van der Waals surface area contributed by atoms with E-state index in [9.17, 15) is 0 Å². The number of benzene rings is 1. The Balaban J connectivity index is 2.32. The predicted octanol–water partition coefficient (Wildman–Crippen LogP) is 2.88. The van der Waals surface area contributed by atoms with Crippen molar-refractivity contribution >= 4 is 6.34 Å². The van der Waals surface area contributed by atoms with Crippen LogP contribution in [0.2, 0.25) is 0 Å². The average Bonchev–Trinajstić information content (AvgIpc) is 2.40. The van der Waals surface area contributed by atoms with E-state index in [4.69, 9.17) is 15.6 Å². The monoisotopic (exact) mass is 255 g/mol. The summed E-state index contributed by atoms with van der Waals surface area (Å²) >= 11 is 0. The molecule has 1 aromatic carbocycles. The molecule has 0 aliphatic rings. The van der Waals surface area contributed by atoms with Gasteiger partial charge in [0.05, 0.1) is 12.4 Å². The average molecular weight is 255 g/mol. The summed E-state index contributed by atoms with van der Waals surface area (Å²) in [7, 11) is 0. The molecule has 2 N–H and O–H groups in total. The van der Waals surface area contributed by atoms with Crippen LogP contribution in [-0.4, -0.2) is 17.0 Å². The molecule has 0 aliphatic heterocycles. The smallest absolute Gasteiger partial charge is 0.130 e. The second-order valence-corrected chi connectivity index (χ2v) is 4.53. The molecule has 4 nitrogen and oxygen atoms in total. The molecule has 0 saturated carbocycles. The first-order valence-corrected chi connectivity index (χ1v) is 6.14. The van der Waals surface area contributed by atoms with E-state index < -0.39 is 0 Å². The topological polar surface area (TPSA) is 61.9 Å². The van der Waals surface area contributed by atoms with Crippen LogP contribution in [0.1, 0.15) is 13.8 Å². The maximum atomic E-state index is 7.63. The second kappa shape index (κ2) is 5.52. The van der Waals surface area contributed by atoms with E-state index in [1.807, 2.05) is 44.2 Å². The van der Waals surface area contributed by atoms with Crippen LogP contribution in [0, 0.1) is 10.8 Å². The molecule has 0 atom stereocenters. The van der Waals surface area contributed by atoms with Crippen molar-refractivity contribution in [3.8, 4) is 16.9 Å². The van der Waals surface area contributed by atoms with Gasteiger partial charge in [-0.3, -0.25) is 15.4 Å². The van der Waals surface area contributed by atoms with Crippen molar-refractivity contribution in [3.05, 3.63) is 48.1 Å². The Labute approximate surface area is 112 Å². The maximum Gasteiger partial charge on any atom is 0.130 e. The summed E-state index contributed by atoms with van der Waals surface area (Å²) in [6.07, 6.45) is 3.06. The van der Waals surface area contributed by atoms with Gasteiger partial charge in [-0.15, -0.1) is 0 Å². The molecule has 0 amide bonds. The third-order valence-corrected chi connectivity index (χ3v) is 2.68. The number of ether oxygens (including phenoxy) is 1. The van der Waals surface area contributed by atoms with Gasteiger partial charge in [0.2, 0.25) is 0 Å². The highest BCUT2D eigenvalue weighted by molar-refractivity contribution is 5.66. The number of hydrogen-bond donors (Lipinski definition) is 2. The minimum absolute atomic E-state index is 0.161. The van der Waals surface area contributed by atoms with Gasteiger partial charge in [-0.05, 0) is 49.2 Å². The minimum Gasteiger partial charge on any atom is -0.491 e. The number of hydrogen-bond acceptors (Lipinski definition) is 3. The van der Waals surface area contributed by atoms with Gasteiger partial charge in [0, 0.05) is 6.20 Å². The SMILES string of the molecule is CC(C)Oc1ccc(-c2ccc(=N)n(C=N)c2)cc1. The summed E-state index contributed by atoms with van der Waals surface area (Å²) < 4.78 is 7.06. The Kier molecular flexibility index (Phi) is 3.80. The lowest BCUT2D eigenvalue weighted by atomic mass is 10.1. The van der Waals surface area contributed by atoms with Gasteiger partial charge in [0.15, 0.2) is 0 Å². The van der Waals surface area contributed by atoms with E-state index >= 15 is 0 Å². The molecule has 4 heteroatoms. The normalized spacial score (nSPS) is 10.5. The van der Waals surface area contributed by atoms with Crippen LogP contribution in [0.25, 0.3) is 11.1 Å². The van der Waals surface area contributed by atoms with Gasteiger partial charge < -0.3 is 4.74 Å². The van der Waals surface area contributed by atoms with Crippen LogP contribution in [0.3, 0.4) is 0 Å². The maximum absolute atomic E-state index is 7.63. The number of pyridine rings is 1. The zero-order valence-corrected chi connectivity index (χ0v) is 11.1. The van der Waals surface area contributed by atoms with E-state index in [0.29, 0.717) is 5.49 Å². The molecule has 1 aromatic heterocycles. The zero-order valence-electron chi connectivity index (χ0n) is 11.1. The molecule has 98 valence electrons. The van der Waals surface area contributed by atoms with Crippen LogP contribution >= 0.6 is 0 Å². The van der Waals surface area contributed by atoms with Crippen LogP contribution < -0.4 is 10.2 Å². The van der Waals surface area contributed by atoms with Gasteiger partial charge >= 0.3 is 0 Å². The number of aromatic nitrogens is 1. The molecule has 0 fully saturated rings. The Morgan fingerprint density at radius 2 is 1.68 bits per heavy atom. The van der Waals surface area contributed by atoms with Gasteiger partial charge in [-0.2, -0.15) is 0 Å². The highest BCUT2D eigenvalue weighted by Gasteiger charge is 2.01. The van der Waals surface area contributed by atoms with E-state index in [-0.39, 0.29) is 6.10 Å². The van der Waals surface area contributed by atoms with E-state index in [1.165, 1.54) is 4.57 Å². The molecule has 19 heavy (non-hydrogen) atoms. The number of rotatable bonds is 4. The van der Waals surface area contributed by atoms with Crippen LogP contribution in [0.4, 0.5) is 0 Å². The summed E-state index contributed by atoms with van der Waals surface area (Å²) in [5.74, 6) is 0.843. The third-order valence-electron chi connectivity index (χ3n) is 2.68. The Bertz CT molecular complexity index is 627. The first kappa shape index (κ1) is 13.1. The van der Waals surface area contributed by atoms with E-state index in [1.54, 1.807) is 12.3 Å². The van der Waals surface area contributed by atoms with E-state index in [2.05, 4.69) is 0 Å². The van der Waals surface area contributed by atoms with E-state index in [0.717, 1.165) is 23.2 Å². The van der Waals surface area contributed by atoms with Crippen molar-refractivity contribution in [2.24, 2.45) is 0 Å². The summed E-state index contributed by atoms with van der Waals surface area (Å²) in [4.78, 5) is 0. The standard InChI is InChI=1S/C15H17N3O/c1-11(2)19-14-6-3-12(4-7-14)13-5-8-15(17)18(9-13)10-16/h3-11,16-17H,1-2H3. The molecule has 0 saturated heterocycles. The predicted molar refractivity (Wildman–Crippen MR) is 75.7 cm³/mol. The second-order valence-electron chi connectivity index (χ2n) is 4.53. The molecule has 0 spiro atoms. The van der Waals surface area contributed by atoms with Gasteiger partial charge in [-0.25, -0.2) is 0 Å². The van der Waals surface area contributed by atoms with Crippen LogP contribution in [0.5, 0.6) is 5.75 Å². The van der Waals surface area contributed by atoms with Crippen molar-refractivity contribution < 1.29 is 4.74 Å². The van der Waals surface area contributed by atoms with Crippen molar-refractivity contribution in [1.29, 1.82) is 10.8 Å². The highest BCUT2D eigenvalue weighted by atomic mass is 16.5. The fourth-order valence-electron chi connectivity index (χ4n) is 1.79. The summed E-state index contributed by atoms with van der Waals surface area (Å²) in [5, 5.41) is 14.9. The van der Waals surface area contributed by atoms with Gasteiger partial charge in [0.25, 0.3) is 0 Å².